The predicted octanol–water partition coefficient (Wildman–Crippen LogP) is 2.67. The molecule has 8 heteroatoms. The van der Waals surface area contributed by atoms with E-state index in [2.05, 4.69) is 5.32 Å². The number of para-hydroxylation sites is 2. The number of carbonyl (C=O) groups excluding carboxylic acids is 2. The lowest BCUT2D eigenvalue weighted by Gasteiger charge is -2.14. The molecule has 3 rings (SSSR count). The fraction of sp³-hybridized carbons (Fsp3) is 0.211. The van der Waals surface area contributed by atoms with E-state index >= 15 is 0 Å². The summed E-state index contributed by atoms with van der Waals surface area (Å²) in [6, 6.07) is 13.5. The van der Waals surface area contributed by atoms with E-state index in [9.17, 15) is 14.4 Å². The summed E-state index contributed by atoms with van der Waals surface area (Å²) >= 11 is 5.84. The molecule has 1 amide bonds. The summed E-state index contributed by atoms with van der Waals surface area (Å²) in [7, 11) is 0. The van der Waals surface area contributed by atoms with Gasteiger partial charge in [-0.05, 0) is 36.8 Å². The highest BCUT2D eigenvalue weighted by molar-refractivity contribution is 6.30. The van der Waals surface area contributed by atoms with Crippen LogP contribution < -0.4 is 11.1 Å². The standard InChI is InChI=1S/C19H17ClN2O5/c1-12(13-6-8-14(20)9-7-13)21-17(23)11-26-18(24)10-22-15-4-2-3-5-16(15)27-19(22)25/h2-9,12H,10-11H2,1H3,(H,21,23)/t12-/m1/s1. The minimum atomic E-state index is -0.710. The van der Waals surface area contributed by atoms with Crippen LogP contribution in [-0.4, -0.2) is 23.1 Å². The quantitative estimate of drug-likeness (QED) is 0.655. The molecule has 7 nitrogen and oxygen atoms in total. The van der Waals surface area contributed by atoms with E-state index in [0.29, 0.717) is 16.1 Å². The number of nitrogens with zero attached hydrogens (tertiary/aromatic N) is 1. The van der Waals surface area contributed by atoms with Crippen molar-refractivity contribution in [3.63, 3.8) is 0 Å². The predicted molar refractivity (Wildman–Crippen MR) is 99.4 cm³/mol. The average Bonchev–Trinajstić information content (AvgIpc) is 2.96. The van der Waals surface area contributed by atoms with Crippen LogP contribution in [-0.2, 0) is 20.9 Å². The van der Waals surface area contributed by atoms with Crippen LogP contribution in [0, 0.1) is 0 Å². The van der Waals surface area contributed by atoms with Crippen molar-refractivity contribution >= 4 is 34.6 Å². The zero-order chi connectivity index (χ0) is 19.4. The Bertz CT molecular complexity index is 1020. The van der Waals surface area contributed by atoms with Gasteiger partial charge in [-0.1, -0.05) is 35.9 Å². The molecule has 1 N–H and O–H groups in total. The van der Waals surface area contributed by atoms with E-state index in [1.54, 1.807) is 55.5 Å². The van der Waals surface area contributed by atoms with Crippen molar-refractivity contribution in [1.82, 2.24) is 9.88 Å². The van der Waals surface area contributed by atoms with Crippen LogP contribution in [0.1, 0.15) is 18.5 Å². The van der Waals surface area contributed by atoms with Crippen molar-refractivity contribution in [2.45, 2.75) is 19.5 Å². The second-order valence-electron chi connectivity index (χ2n) is 5.92. The summed E-state index contributed by atoms with van der Waals surface area (Å²) in [5.41, 5.74) is 1.74. The Morgan fingerprint density at radius 3 is 2.63 bits per heavy atom. The number of rotatable bonds is 6. The number of nitrogens with one attached hydrogen (secondary N) is 1. The molecule has 0 unspecified atom stereocenters. The Kier molecular flexibility index (Phi) is 5.61. The maximum absolute atomic E-state index is 12.0. The van der Waals surface area contributed by atoms with Gasteiger partial charge in [-0.2, -0.15) is 0 Å². The minimum absolute atomic E-state index is 0.270. The van der Waals surface area contributed by atoms with Gasteiger partial charge in [-0.3, -0.25) is 14.2 Å². The summed E-state index contributed by atoms with van der Waals surface area (Å²) in [4.78, 5) is 35.8. The summed E-state index contributed by atoms with van der Waals surface area (Å²) in [6.07, 6.45) is 0. The summed E-state index contributed by atoms with van der Waals surface area (Å²) in [5.74, 6) is -1.82. The molecule has 0 aliphatic heterocycles. The number of amides is 1. The highest BCUT2D eigenvalue weighted by atomic mass is 35.5. The zero-order valence-electron chi connectivity index (χ0n) is 14.5. The first kappa shape index (κ1) is 18.7. The van der Waals surface area contributed by atoms with Gasteiger partial charge in [0.05, 0.1) is 11.6 Å². The first-order valence-corrected chi connectivity index (χ1v) is 8.60. The molecule has 0 aliphatic carbocycles. The molecule has 0 radical (unpaired) electrons. The molecule has 3 aromatic rings. The zero-order valence-corrected chi connectivity index (χ0v) is 15.2. The number of hydrogen-bond acceptors (Lipinski definition) is 5. The van der Waals surface area contributed by atoms with Crippen LogP contribution in [0.15, 0.2) is 57.7 Å². The van der Waals surface area contributed by atoms with Crippen molar-refractivity contribution in [2.75, 3.05) is 6.61 Å². The number of fused-ring (bicyclic) bond motifs is 1. The smallest absolute Gasteiger partial charge is 0.420 e. The molecule has 1 aromatic heterocycles. The molecule has 2 aromatic carbocycles. The van der Waals surface area contributed by atoms with E-state index in [-0.39, 0.29) is 12.6 Å². The van der Waals surface area contributed by atoms with Gasteiger partial charge in [0.1, 0.15) is 6.54 Å². The van der Waals surface area contributed by atoms with Crippen molar-refractivity contribution in [3.05, 3.63) is 69.7 Å². The van der Waals surface area contributed by atoms with Gasteiger partial charge < -0.3 is 14.5 Å². The van der Waals surface area contributed by atoms with Gasteiger partial charge in [-0.25, -0.2) is 4.79 Å². The number of esters is 1. The maximum atomic E-state index is 12.0. The van der Waals surface area contributed by atoms with Gasteiger partial charge >= 0.3 is 11.7 Å². The fourth-order valence-corrected chi connectivity index (χ4v) is 2.73. The molecular formula is C19H17ClN2O5. The lowest BCUT2D eigenvalue weighted by molar-refractivity contribution is -0.149. The molecule has 0 bridgehead atoms. The van der Waals surface area contributed by atoms with E-state index in [1.807, 2.05) is 0 Å². The Morgan fingerprint density at radius 2 is 1.89 bits per heavy atom. The molecule has 0 spiro atoms. The largest absolute Gasteiger partial charge is 0.454 e. The molecule has 140 valence electrons. The van der Waals surface area contributed by atoms with Crippen molar-refractivity contribution in [3.8, 4) is 0 Å². The highest BCUT2D eigenvalue weighted by Gasteiger charge is 2.15. The number of hydrogen-bond donors (Lipinski definition) is 1. The molecule has 27 heavy (non-hydrogen) atoms. The van der Waals surface area contributed by atoms with Crippen LogP contribution in [0.5, 0.6) is 0 Å². The molecule has 0 fully saturated rings. The SMILES string of the molecule is C[C@@H](NC(=O)COC(=O)Cn1c(=O)oc2ccccc21)c1ccc(Cl)cc1. The third kappa shape index (κ3) is 4.57. The monoisotopic (exact) mass is 388 g/mol. The highest BCUT2D eigenvalue weighted by Crippen LogP contribution is 2.16. The molecule has 0 saturated heterocycles. The van der Waals surface area contributed by atoms with Gasteiger partial charge in [0, 0.05) is 5.02 Å². The van der Waals surface area contributed by atoms with E-state index in [0.717, 1.165) is 10.1 Å². The number of aromatic nitrogens is 1. The topological polar surface area (TPSA) is 90.5 Å². The third-order valence-corrected chi connectivity index (χ3v) is 4.22. The molecule has 0 aliphatic rings. The van der Waals surface area contributed by atoms with Crippen LogP contribution in [0.25, 0.3) is 11.1 Å². The van der Waals surface area contributed by atoms with E-state index in [1.165, 1.54) is 0 Å². The average molecular weight is 389 g/mol. The second-order valence-corrected chi connectivity index (χ2v) is 6.36. The second kappa shape index (κ2) is 8.09. The third-order valence-electron chi connectivity index (χ3n) is 3.97. The number of oxazole rings is 1. The lowest BCUT2D eigenvalue weighted by Crippen LogP contribution is -2.32. The molecule has 1 atom stereocenters. The number of carbonyl (C=O) groups is 2. The number of halogens is 1. The van der Waals surface area contributed by atoms with Gasteiger partial charge in [-0.15, -0.1) is 0 Å². The molecule has 1 heterocycles. The Balaban J connectivity index is 1.54. The van der Waals surface area contributed by atoms with Crippen molar-refractivity contribution < 1.29 is 18.7 Å². The van der Waals surface area contributed by atoms with Crippen LogP contribution in [0.4, 0.5) is 0 Å². The Hall–Kier alpha value is -3.06. The first-order valence-electron chi connectivity index (χ1n) is 8.23. The van der Waals surface area contributed by atoms with Crippen molar-refractivity contribution in [1.29, 1.82) is 0 Å². The Labute approximate surface area is 159 Å². The van der Waals surface area contributed by atoms with Gasteiger partial charge in [0.2, 0.25) is 0 Å². The summed E-state index contributed by atoms with van der Waals surface area (Å²) < 4.78 is 11.2. The lowest BCUT2D eigenvalue weighted by atomic mass is 10.1. The minimum Gasteiger partial charge on any atom is -0.454 e. The van der Waals surface area contributed by atoms with Crippen LogP contribution in [0.2, 0.25) is 5.02 Å². The summed E-state index contributed by atoms with van der Waals surface area (Å²) in [6.45, 7) is 1.03. The fourth-order valence-electron chi connectivity index (χ4n) is 2.60. The van der Waals surface area contributed by atoms with Gasteiger partial charge in [0.25, 0.3) is 5.91 Å². The number of benzene rings is 2. The van der Waals surface area contributed by atoms with Crippen molar-refractivity contribution in [2.24, 2.45) is 0 Å². The van der Waals surface area contributed by atoms with Crippen LogP contribution >= 0.6 is 11.6 Å². The van der Waals surface area contributed by atoms with E-state index in [4.69, 9.17) is 20.8 Å². The van der Waals surface area contributed by atoms with Gasteiger partial charge in [0.15, 0.2) is 12.2 Å². The molecule has 0 saturated carbocycles. The molecular weight excluding hydrogens is 372 g/mol. The first-order chi connectivity index (χ1) is 12.9. The Morgan fingerprint density at radius 1 is 1.19 bits per heavy atom. The maximum Gasteiger partial charge on any atom is 0.420 e. The summed E-state index contributed by atoms with van der Waals surface area (Å²) in [5, 5.41) is 3.33. The van der Waals surface area contributed by atoms with Crippen LogP contribution in [0.3, 0.4) is 0 Å². The normalized spacial score (nSPS) is 11.9. The van der Waals surface area contributed by atoms with E-state index < -0.39 is 24.2 Å². The number of ether oxygens (including phenoxy) is 1.